The summed E-state index contributed by atoms with van der Waals surface area (Å²) < 4.78 is 14.3. The number of hydrogen-bond donors (Lipinski definition) is 1. The lowest BCUT2D eigenvalue weighted by Crippen LogP contribution is -2.34. The Kier molecular flexibility index (Phi) is 7.00. The van der Waals surface area contributed by atoms with Gasteiger partial charge in [-0.05, 0) is 52.3 Å². The van der Waals surface area contributed by atoms with Crippen LogP contribution in [0.25, 0.3) is 0 Å². The van der Waals surface area contributed by atoms with Gasteiger partial charge in [-0.25, -0.2) is 4.39 Å². The van der Waals surface area contributed by atoms with Crippen molar-refractivity contribution in [3.8, 4) is 0 Å². The Labute approximate surface area is 123 Å². The topological polar surface area (TPSA) is 15.3 Å². The van der Waals surface area contributed by atoms with Crippen molar-refractivity contribution in [1.29, 1.82) is 0 Å². The summed E-state index contributed by atoms with van der Waals surface area (Å²) in [5.74, 6) is -0.111. The lowest BCUT2D eigenvalue weighted by atomic mass is 10.0. The Morgan fingerprint density at radius 1 is 1.15 bits per heavy atom. The van der Waals surface area contributed by atoms with Crippen LogP contribution in [0.15, 0.2) is 18.2 Å². The maximum absolute atomic E-state index is 14.3. The van der Waals surface area contributed by atoms with Gasteiger partial charge in [0.05, 0.1) is 0 Å². The van der Waals surface area contributed by atoms with Crippen LogP contribution >= 0.6 is 0 Å². The molecule has 0 spiro atoms. The average Bonchev–Trinajstić information content (AvgIpc) is 2.41. The second kappa shape index (κ2) is 8.25. The van der Waals surface area contributed by atoms with Gasteiger partial charge >= 0.3 is 0 Å². The number of nitrogens with one attached hydrogen (secondary N) is 1. The van der Waals surface area contributed by atoms with Crippen LogP contribution in [0.4, 0.5) is 10.1 Å². The van der Waals surface area contributed by atoms with Gasteiger partial charge in [-0.2, -0.15) is 0 Å². The third kappa shape index (κ3) is 4.20. The zero-order valence-electron chi connectivity index (χ0n) is 13.5. The Hall–Kier alpha value is -1.09. The summed E-state index contributed by atoms with van der Waals surface area (Å²) >= 11 is 0. The van der Waals surface area contributed by atoms with E-state index in [-0.39, 0.29) is 11.9 Å². The molecule has 1 atom stereocenters. The highest BCUT2D eigenvalue weighted by Gasteiger charge is 2.20. The summed E-state index contributed by atoms with van der Waals surface area (Å²) in [7, 11) is 0. The summed E-state index contributed by atoms with van der Waals surface area (Å²) in [5, 5.41) is 3.40. The van der Waals surface area contributed by atoms with E-state index in [0.29, 0.717) is 6.04 Å². The quantitative estimate of drug-likeness (QED) is 0.753. The van der Waals surface area contributed by atoms with Gasteiger partial charge in [0, 0.05) is 29.9 Å². The molecule has 1 rings (SSSR count). The molecule has 1 unspecified atom stereocenters. The van der Waals surface area contributed by atoms with Crippen molar-refractivity contribution in [2.45, 2.75) is 59.5 Å². The largest absolute Gasteiger partial charge is 0.369 e. The molecule has 0 saturated heterocycles. The van der Waals surface area contributed by atoms with Crippen LogP contribution < -0.4 is 10.2 Å². The third-order valence-electron chi connectivity index (χ3n) is 3.56. The molecule has 0 radical (unpaired) electrons. The van der Waals surface area contributed by atoms with E-state index in [1.807, 2.05) is 19.1 Å². The molecule has 0 heterocycles. The Bertz CT molecular complexity index is 404. The lowest BCUT2D eigenvalue weighted by Gasteiger charge is -2.32. The second-order valence-corrected chi connectivity index (χ2v) is 5.64. The van der Waals surface area contributed by atoms with Gasteiger partial charge in [-0.1, -0.05) is 19.9 Å². The minimum atomic E-state index is -0.111. The van der Waals surface area contributed by atoms with E-state index in [2.05, 4.69) is 37.9 Å². The van der Waals surface area contributed by atoms with Gasteiger partial charge in [-0.15, -0.1) is 0 Å². The summed E-state index contributed by atoms with van der Waals surface area (Å²) in [5.41, 5.74) is 1.82. The standard InChI is InChI=1S/C17H29FN2/c1-6-11-19-14(5)17-15(18)9-8-10-16(17)20(12-7-2)13(3)4/h8-10,13-14,19H,6-7,11-12H2,1-5H3. The average molecular weight is 280 g/mol. The molecule has 0 amide bonds. The maximum atomic E-state index is 14.3. The molecule has 1 aromatic rings. The smallest absolute Gasteiger partial charge is 0.130 e. The monoisotopic (exact) mass is 280 g/mol. The van der Waals surface area contributed by atoms with Gasteiger partial charge in [-0.3, -0.25) is 0 Å². The van der Waals surface area contributed by atoms with Gasteiger partial charge in [0.25, 0.3) is 0 Å². The van der Waals surface area contributed by atoms with E-state index in [1.54, 1.807) is 6.07 Å². The van der Waals surface area contributed by atoms with Gasteiger partial charge in [0.1, 0.15) is 5.82 Å². The number of halogens is 1. The van der Waals surface area contributed by atoms with E-state index in [1.165, 1.54) is 0 Å². The van der Waals surface area contributed by atoms with Crippen LogP contribution in [-0.2, 0) is 0 Å². The summed E-state index contributed by atoms with van der Waals surface area (Å²) in [6.45, 7) is 12.5. The zero-order chi connectivity index (χ0) is 15.1. The molecule has 114 valence electrons. The molecular weight excluding hydrogens is 251 g/mol. The van der Waals surface area contributed by atoms with Crippen molar-refractivity contribution in [3.63, 3.8) is 0 Å². The molecule has 0 aliphatic heterocycles. The number of anilines is 1. The highest BCUT2D eigenvalue weighted by Crippen LogP contribution is 2.30. The molecule has 0 aliphatic carbocycles. The SMILES string of the molecule is CCCNC(C)c1c(F)cccc1N(CCC)C(C)C. The Morgan fingerprint density at radius 2 is 1.85 bits per heavy atom. The Balaban J connectivity index is 3.14. The van der Waals surface area contributed by atoms with E-state index >= 15 is 0 Å². The molecule has 0 aromatic heterocycles. The van der Waals surface area contributed by atoms with Crippen LogP contribution in [0, 0.1) is 5.82 Å². The highest BCUT2D eigenvalue weighted by molar-refractivity contribution is 5.56. The fourth-order valence-corrected chi connectivity index (χ4v) is 2.57. The molecular formula is C17H29FN2. The maximum Gasteiger partial charge on any atom is 0.130 e. The van der Waals surface area contributed by atoms with Crippen molar-refractivity contribution in [1.82, 2.24) is 5.32 Å². The molecule has 1 N–H and O–H groups in total. The first-order chi connectivity index (χ1) is 9.52. The first-order valence-corrected chi connectivity index (χ1v) is 7.81. The van der Waals surface area contributed by atoms with E-state index < -0.39 is 0 Å². The number of nitrogens with zero attached hydrogens (tertiary/aromatic N) is 1. The first-order valence-electron chi connectivity index (χ1n) is 7.81. The highest BCUT2D eigenvalue weighted by atomic mass is 19.1. The molecule has 20 heavy (non-hydrogen) atoms. The van der Waals surface area contributed by atoms with Crippen molar-refractivity contribution < 1.29 is 4.39 Å². The third-order valence-corrected chi connectivity index (χ3v) is 3.56. The van der Waals surface area contributed by atoms with Gasteiger partial charge in [0.15, 0.2) is 0 Å². The second-order valence-electron chi connectivity index (χ2n) is 5.64. The van der Waals surface area contributed by atoms with Crippen molar-refractivity contribution in [2.75, 3.05) is 18.0 Å². The number of rotatable bonds is 8. The molecule has 2 nitrogen and oxygen atoms in total. The molecule has 1 aromatic carbocycles. The van der Waals surface area contributed by atoms with Crippen LogP contribution in [0.5, 0.6) is 0 Å². The van der Waals surface area contributed by atoms with Gasteiger partial charge < -0.3 is 10.2 Å². The predicted molar refractivity (Wildman–Crippen MR) is 85.9 cm³/mol. The minimum absolute atomic E-state index is 0.0317. The van der Waals surface area contributed by atoms with Crippen LogP contribution in [0.2, 0.25) is 0 Å². The Morgan fingerprint density at radius 3 is 2.40 bits per heavy atom. The molecule has 0 bridgehead atoms. The van der Waals surface area contributed by atoms with Crippen LogP contribution in [0.3, 0.4) is 0 Å². The summed E-state index contributed by atoms with van der Waals surface area (Å²) in [6.07, 6.45) is 2.11. The summed E-state index contributed by atoms with van der Waals surface area (Å²) in [6, 6.07) is 5.82. The van der Waals surface area contributed by atoms with Crippen LogP contribution in [0.1, 0.15) is 59.1 Å². The first kappa shape index (κ1) is 17.0. The van der Waals surface area contributed by atoms with E-state index in [0.717, 1.165) is 37.2 Å². The minimum Gasteiger partial charge on any atom is -0.369 e. The van der Waals surface area contributed by atoms with Gasteiger partial charge in [0.2, 0.25) is 0 Å². The predicted octanol–water partition coefficient (Wildman–Crippen LogP) is 4.51. The summed E-state index contributed by atoms with van der Waals surface area (Å²) in [4.78, 5) is 2.29. The number of benzene rings is 1. The van der Waals surface area contributed by atoms with Crippen LogP contribution in [-0.4, -0.2) is 19.1 Å². The number of hydrogen-bond acceptors (Lipinski definition) is 2. The normalized spacial score (nSPS) is 12.8. The van der Waals surface area contributed by atoms with E-state index in [4.69, 9.17) is 0 Å². The van der Waals surface area contributed by atoms with Crippen molar-refractivity contribution in [3.05, 3.63) is 29.6 Å². The van der Waals surface area contributed by atoms with Crippen molar-refractivity contribution >= 4 is 5.69 Å². The zero-order valence-corrected chi connectivity index (χ0v) is 13.5. The van der Waals surface area contributed by atoms with Crippen molar-refractivity contribution in [2.24, 2.45) is 0 Å². The lowest BCUT2D eigenvalue weighted by molar-refractivity contribution is 0.523. The molecule has 0 saturated carbocycles. The molecule has 0 aliphatic rings. The fourth-order valence-electron chi connectivity index (χ4n) is 2.57. The fraction of sp³-hybridized carbons (Fsp3) is 0.647. The van der Waals surface area contributed by atoms with E-state index in [9.17, 15) is 4.39 Å². The molecule has 0 fully saturated rings. The molecule has 3 heteroatoms.